The van der Waals surface area contributed by atoms with Crippen molar-refractivity contribution in [1.29, 1.82) is 0 Å². The number of likely N-dealkylation sites (tertiary alicyclic amines) is 1. The first-order valence-corrected chi connectivity index (χ1v) is 11.6. The summed E-state index contributed by atoms with van der Waals surface area (Å²) in [6.07, 6.45) is 5.38. The quantitative estimate of drug-likeness (QED) is 0.479. The number of nitrogens with one attached hydrogen (secondary N) is 1. The standard InChI is InChI=1S/C26H28F2N4O3/c1-17-3-2-12-32(15-17)24(34)23(16-33)19-4-8-21(9-5-19)31-26-29-13-20(14-30-26)18-6-10-22(11-7-18)35-25(27)28/h4-11,13-14,17,23,25,33H,2-3,12,15-16H2,1H3,(H,29,30,31)/t17-,23+/m1/s1. The van der Waals surface area contributed by atoms with E-state index >= 15 is 0 Å². The Morgan fingerprint density at radius 3 is 2.40 bits per heavy atom. The Hall–Kier alpha value is -3.59. The number of alkyl halides is 2. The molecule has 2 heterocycles. The van der Waals surface area contributed by atoms with Gasteiger partial charge in [0.05, 0.1) is 12.5 Å². The minimum atomic E-state index is -2.86. The number of aromatic nitrogens is 2. The van der Waals surface area contributed by atoms with Gasteiger partial charge < -0.3 is 20.1 Å². The number of halogens is 2. The van der Waals surface area contributed by atoms with Crippen LogP contribution in [0.2, 0.25) is 0 Å². The number of hydrogen-bond acceptors (Lipinski definition) is 6. The van der Waals surface area contributed by atoms with E-state index in [0.29, 0.717) is 11.9 Å². The number of carbonyl (C=O) groups excluding carboxylic acids is 1. The Bertz CT molecular complexity index is 1110. The summed E-state index contributed by atoms with van der Waals surface area (Å²) in [6, 6.07) is 13.5. The minimum Gasteiger partial charge on any atom is -0.435 e. The average molecular weight is 483 g/mol. The van der Waals surface area contributed by atoms with Crippen LogP contribution in [0.15, 0.2) is 60.9 Å². The van der Waals surface area contributed by atoms with Crippen LogP contribution in [0.1, 0.15) is 31.2 Å². The second-order valence-corrected chi connectivity index (χ2v) is 8.71. The number of nitrogens with zero attached hydrogens (tertiary/aromatic N) is 3. The molecule has 1 aliphatic rings. The minimum absolute atomic E-state index is 0.0347. The zero-order valence-corrected chi connectivity index (χ0v) is 19.4. The molecule has 9 heteroatoms. The maximum atomic E-state index is 13.0. The van der Waals surface area contributed by atoms with Gasteiger partial charge >= 0.3 is 6.61 Å². The summed E-state index contributed by atoms with van der Waals surface area (Å²) in [6.45, 7) is 0.508. The van der Waals surface area contributed by atoms with E-state index in [1.807, 2.05) is 29.2 Å². The molecular formula is C26H28F2N4O3. The third kappa shape index (κ3) is 6.30. The first-order chi connectivity index (χ1) is 16.9. The van der Waals surface area contributed by atoms with Crippen molar-refractivity contribution in [2.75, 3.05) is 25.0 Å². The van der Waals surface area contributed by atoms with Crippen molar-refractivity contribution in [3.05, 3.63) is 66.5 Å². The van der Waals surface area contributed by atoms with E-state index in [2.05, 4.69) is 26.9 Å². The molecule has 1 aromatic heterocycles. The van der Waals surface area contributed by atoms with Crippen LogP contribution in [0, 0.1) is 5.92 Å². The van der Waals surface area contributed by atoms with Crippen molar-refractivity contribution in [3.63, 3.8) is 0 Å². The number of hydrogen-bond donors (Lipinski definition) is 2. The zero-order chi connectivity index (χ0) is 24.8. The fourth-order valence-corrected chi connectivity index (χ4v) is 4.23. The second kappa shape index (κ2) is 11.2. The second-order valence-electron chi connectivity index (χ2n) is 8.71. The normalized spacial score (nSPS) is 16.7. The number of benzene rings is 2. The number of piperidine rings is 1. The van der Waals surface area contributed by atoms with Crippen LogP contribution in [0.25, 0.3) is 11.1 Å². The van der Waals surface area contributed by atoms with E-state index in [1.165, 1.54) is 12.1 Å². The number of aliphatic hydroxyl groups is 1. The molecule has 0 spiro atoms. The molecule has 3 aromatic rings. The highest BCUT2D eigenvalue weighted by Crippen LogP contribution is 2.26. The van der Waals surface area contributed by atoms with Crippen molar-refractivity contribution < 1.29 is 23.4 Å². The predicted octanol–water partition coefficient (Wildman–Crippen LogP) is 4.82. The van der Waals surface area contributed by atoms with E-state index in [1.54, 1.807) is 24.5 Å². The van der Waals surface area contributed by atoms with Crippen molar-refractivity contribution in [3.8, 4) is 16.9 Å². The number of aliphatic hydroxyl groups excluding tert-OH is 1. The van der Waals surface area contributed by atoms with Crippen LogP contribution in [0.4, 0.5) is 20.4 Å². The van der Waals surface area contributed by atoms with E-state index in [9.17, 15) is 18.7 Å². The molecule has 0 aliphatic carbocycles. The van der Waals surface area contributed by atoms with Gasteiger partial charge in [-0.2, -0.15) is 8.78 Å². The Morgan fingerprint density at radius 2 is 1.80 bits per heavy atom. The van der Waals surface area contributed by atoms with Crippen molar-refractivity contribution >= 4 is 17.5 Å². The van der Waals surface area contributed by atoms with E-state index in [0.717, 1.165) is 48.3 Å². The molecule has 0 saturated carbocycles. The van der Waals surface area contributed by atoms with Crippen LogP contribution in [-0.2, 0) is 4.79 Å². The molecule has 0 bridgehead atoms. The lowest BCUT2D eigenvalue weighted by Gasteiger charge is -2.33. The largest absolute Gasteiger partial charge is 0.435 e. The lowest BCUT2D eigenvalue weighted by molar-refractivity contribution is -0.135. The molecule has 2 atom stereocenters. The third-order valence-electron chi connectivity index (χ3n) is 6.08. The van der Waals surface area contributed by atoms with Crippen molar-refractivity contribution in [1.82, 2.24) is 14.9 Å². The van der Waals surface area contributed by atoms with Gasteiger partial charge in [0, 0.05) is 36.7 Å². The fraction of sp³-hybridized carbons (Fsp3) is 0.346. The van der Waals surface area contributed by atoms with Gasteiger partial charge in [-0.05, 0) is 54.2 Å². The Morgan fingerprint density at radius 1 is 1.11 bits per heavy atom. The average Bonchev–Trinajstić information content (AvgIpc) is 2.86. The van der Waals surface area contributed by atoms with Gasteiger partial charge in [-0.1, -0.05) is 31.2 Å². The molecule has 2 aromatic carbocycles. The summed E-state index contributed by atoms with van der Waals surface area (Å²) in [5, 5.41) is 13.0. The van der Waals surface area contributed by atoms with Crippen molar-refractivity contribution in [2.45, 2.75) is 32.3 Å². The molecule has 184 valence electrons. The molecule has 1 aliphatic heterocycles. The highest BCUT2D eigenvalue weighted by atomic mass is 19.3. The summed E-state index contributed by atoms with van der Waals surface area (Å²) in [5.74, 6) is 0.331. The SMILES string of the molecule is C[C@@H]1CCCN(C(=O)[C@@H](CO)c2ccc(Nc3ncc(-c4ccc(OC(F)F)cc4)cn3)cc2)C1. The molecule has 4 rings (SSSR count). The summed E-state index contributed by atoms with van der Waals surface area (Å²) < 4.78 is 28.9. The van der Waals surface area contributed by atoms with Crippen LogP contribution in [0.3, 0.4) is 0 Å². The number of carbonyl (C=O) groups is 1. The molecular weight excluding hydrogens is 454 g/mol. The molecule has 1 amide bonds. The Labute approximate surface area is 202 Å². The number of rotatable bonds is 8. The number of anilines is 2. The van der Waals surface area contributed by atoms with Gasteiger partial charge in [-0.3, -0.25) is 4.79 Å². The van der Waals surface area contributed by atoms with Gasteiger partial charge in [0.15, 0.2) is 0 Å². The fourth-order valence-electron chi connectivity index (χ4n) is 4.23. The smallest absolute Gasteiger partial charge is 0.387 e. The van der Waals surface area contributed by atoms with Gasteiger partial charge in [0.2, 0.25) is 11.9 Å². The highest BCUT2D eigenvalue weighted by molar-refractivity contribution is 5.84. The van der Waals surface area contributed by atoms with Crippen molar-refractivity contribution in [2.24, 2.45) is 5.92 Å². The van der Waals surface area contributed by atoms with E-state index in [-0.39, 0.29) is 18.3 Å². The number of ether oxygens (including phenoxy) is 1. The summed E-state index contributed by atoms with van der Waals surface area (Å²) in [7, 11) is 0. The lowest BCUT2D eigenvalue weighted by Crippen LogP contribution is -2.42. The molecule has 0 radical (unpaired) electrons. The van der Waals surface area contributed by atoms with Gasteiger partial charge in [-0.15, -0.1) is 0 Å². The first-order valence-electron chi connectivity index (χ1n) is 11.6. The summed E-state index contributed by atoms with van der Waals surface area (Å²) in [5.41, 5.74) is 3.00. The van der Waals surface area contributed by atoms with Crippen LogP contribution >= 0.6 is 0 Å². The Balaban J connectivity index is 1.38. The summed E-state index contributed by atoms with van der Waals surface area (Å²) in [4.78, 5) is 23.4. The zero-order valence-electron chi connectivity index (χ0n) is 19.4. The van der Waals surface area contributed by atoms with Crippen LogP contribution < -0.4 is 10.1 Å². The van der Waals surface area contributed by atoms with Gasteiger partial charge in [-0.25, -0.2) is 9.97 Å². The summed E-state index contributed by atoms with van der Waals surface area (Å²) >= 11 is 0. The van der Waals surface area contributed by atoms with Gasteiger partial charge in [0.25, 0.3) is 0 Å². The maximum absolute atomic E-state index is 13.0. The monoisotopic (exact) mass is 482 g/mol. The topological polar surface area (TPSA) is 87.6 Å². The molecule has 7 nitrogen and oxygen atoms in total. The van der Waals surface area contributed by atoms with E-state index < -0.39 is 12.5 Å². The van der Waals surface area contributed by atoms with Crippen LogP contribution in [0.5, 0.6) is 5.75 Å². The molecule has 2 N–H and O–H groups in total. The van der Waals surface area contributed by atoms with E-state index in [4.69, 9.17) is 0 Å². The third-order valence-corrected chi connectivity index (χ3v) is 6.08. The highest BCUT2D eigenvalue weighted by Gasteiger charge is 2.28. The van der Waals surface area contributed by atoms with Crippen LogP contribution in [-0.4, -0.2) is 52.2 Å². The maximum Gasteiger partial charge on any atom is 0.387 e. The lowest BCUT2D eigenvalue weighted by atomic mass is 9.94. The first kappa shape index (κ1) is 24.5. The number of amides is 1. The Kier molecular flexibility index (Phi) is 7.87. The van der Waals surface area contributed by atoms with Gasteiger partial charge in [0.1, 0.15) is 5.75 Å². The molecule has 1 fully saturated rings. The predicted molar refractivity (Wildman–Crippen MR) is 129 cm³/mol. The molecule has 35 heavy (non-hydrogen) atoms. The molecule has 0 unspecified atom stereocenters. The molecule has 1 saturated heterocycles.